The SMILES string of the molecule is CCC/C(O)=C1\C(=O)CC(C)(C)CC1=S. The van der Waals surface area contributed by atoms with Gasteiger partial charge in [0.1, 0.15) is 5.76 Å². The Morgan fingerprint density at radius 3 is 2.53 bits per heavy atom. The zero-order valence-corrected chi connectivity index (χ0v) is 10.4. The minimum absolute atomic E-state index is 0.00204. The van der Waals surface area contributed by atoms with Gasteiger partial charge in [0.05, 0.1) is 5.57 Å². The van der Waals surface area contributed by atoms with Crippen LogP contribution in [-0.4, -0.2) is 15.8 Å². The summed E-state index contributed by atoms with van der Waals surface area (Å²) < 4.78 is 0. The quantitative estimate of drug-likeness (QED) is 0.445. The largest absolute Gasteiger partial charge is 0.512 e. The molecule has 0 radical (unpaired) electrons. The van der Waals surface area contributed by atoms with E-state index in [2.05, 4.69) is 0 Å². The number of rotatable bonds is 2. The van der Waals surface area contributed by atoms with Crippen molar-refractivity contribution in [1.82, 2.24) is 0 Å². The molecule has 1 N–H and O–H groups in total. The van der Waals surface area contributed by atoms with Gasteiger partial charge in [-0.1, -0.05) is 33.0 Å². The van der Waals surface area contributed by atoms with Crippen LogP contribution in [0.15, 0.2) is 11.3 Å². The van der Waals surface area contributed by atoms with E-state index < -0.39 is 0 Å². The number of Topliss-reactive ketones (excluding diaryl/α,β-unsaturated/α-hetero) is 1. The summed E-state index contributed by atoms with van der Waals surface area (Å²) in [4.78, 5) is 12.5. The van der Waals surface area contributed by atoms with Crippen LogP contribution in [-0.2, 0) is 4.79 Å². The van der Waals surface area contributed by atoms with Gasteiger partial charge in [-0.15, -0.1) is 0 Å². The highest BCUT2D eigenvalue weighted by atomic mass is 32.1. The first-order valence-electron chi connectivity index (χ1n) is 5.36. The molecule has 0 heterocycles. The second kappa shape index (κ2) is 4.44. The van der Waals surface area contributed by atoms with Crippen LogP contribution in [0.5, 0.6) is 0 Å². The maximum Gasteiger partial charge on any atom is 0.167 e. The van der Waals surface area contributed by atoms with Crippen molar-refractivity contribution in [2.24, 2.45) is 5.41 Å². The van der Waals surface area contributed by atoms with Crippen LogP contribution in [0.4, 0.5) is 0 Å². The van der Waals surface area contributed by atoms with E-state index in [1.54, 1.807) is 0 Å². The Kier molecular flexibility index (Phi) is 3.66. The molecule has 0 bridgehead atoms. The Bertz CT molecular complexity index is 305. The average Bonchev–Trinajstić information content (AvgIpc) is 1.99. The minimum atomic E-state index is -0.0514. The number of ketones is 1. The van der Waals surface area contributed by atoms with E-state index in [0.717, 1.165) is 12.8 Å². The maximum atomic E-state index is 11.8. The van der Waals surface area contributed by atoms with Crippen molar-refractivity contribution in [3.63, 3.8) is 0 Å². The Hall–Kier alpha value is -0.700. The van der Waals surface area contributed by atoms with Crippen molar-refractivity contribution < 1.29 is 9.90 Å². The lowest BCUT2D eigenvalue weighted by atomic mass is 9.74. The van der Waals surface area contributed by atoms with E-state index in [0.29, 0.717) is 23.3 Å². The molecule has 1 saturated carbocycles. The lowest BCUT2D eigenvalue weighted by Gasteiger charge is -2.30. The molecule has 3 heteroatoms. The van der Waals surface area contributed by atoms with E-state index in [1.165, 1.54) is 0 Å². The third-order valence-corrected chi connectivity index (χ3v) is 2.96. The third-order valence-electron chi connectivity index (χ3n) is 2.61. The summed E-state index contributed by atoms with van der Waals surface area (Å²) in [5.41, 5.74) is 0.371. The zero-order valence-electron chi connectivity index (χ0n) is 9.59. The number of hydrogen-bond acceptors (Lipinski definition) is 3. The van der Waals surface area contributed by atoms with E-state index in [4.69, 9.17) is 12.2 Å². The summed E-state index contributed by atoms with van der Waals surface area (Å²) in [6.45, 7) is 6.03. The summed E-state index contributed by atoms with van der Waals surface area (Å²) in [7, 11) is 0. The standard InChI is InChI=1S/C12H18O2S/c1-4-5-8(13)11-9(14)6-12(2,3)7-10(11)15/h13H,4-7H2,1-3H3/b11-8-. The second-order valence-corrected chi connectivity index (χ2v) is 5.43. The van der Waals surface area contributed by atoms with Gasteiger partial charge < -0.3 is 5.11 Å². The monoisotopic (exact) mass is 226 g/mol. The Morgan fingerprint density at radius 1 is 1.47 bits per heavy atom. The van der Waals surface area contributed by atoms with Gasteiger partial charge in [-0.25, -0.2) is 0 Å². The summed E-state index contributed by atoms with van der Waals surface area (Å²) in [6, 6.07) is 0. The molecule has 0 spiro atoms. The second-order valence-electron chi connectivity index (χ2n) is 4.94. The van der Waals surface area contributed by atoms with Crippen molar-refractivity contribution in [3.8, 4) is 0 Å². The number of thiocarbonyl (C=S) groups is 1. The van der Waals surface area contributed by atoms with Crippen molar-refractivity contribution >= 4 is 22.9 Å². The van der Waals surface area contributed by atoms with Crippen LogP contribution in [0, 0.1) is 5.41 Å². The molecule has 1 rings (SSSR count). The smallest absolute Gasteiger partial charge is 0.167 e. The molecule has 1 aliphatic rings. The van der Waals surface area contributed by atoms with E-state index in [9.17, 15) is 9.90 Å². The van der Waals surface area contributed by atoms with E-state index in [1.807, 2.05) is 20.8 Å². The van der Waals surface area contributed by atoms with Crippen LogP contribution >= 0.6 is 12.2 Å². The fourth-order valence-electron chi connectivity index (χ4n) is 1.95. The molecule has 0 aliphatic heterocycles. The van der Waals surface area contributed by atoms with Gasteiger partial charge in [-0.3, -0.25) is 4.79 Å². The summed E-state index contributed by atoms with van der Waals surface area (Å²) in [5.74, 6) is 0.185. The van der Waals surface area contributed by atoms with Crippen LogP contribution in [0.1, 0.15) is 46.5 Å². The molecule has 1 aliphatic carbocycles. The first kappa shape index (κ1) is 12.4. The van der Waals surface area contributed by atoms with Gasteiger partial charge in [0, 0.05) is 17.7 Å². The first-order chi connectivity index (χ1) is 6.87. The Balaban J connectivity index is 2.98. The topological polar surface area (TPSA) is 37.3 Å². The number of hydrogen-bond donors (Lipinski definition) is 1. The van der Waals surface area contributed by atoms with Crippen molar-refractivity contribution in [3.05, 3.63) is 11.3 Å². The van der Waals surface area contributed by atoms with Gasteiger partial charge in [-0.2, -0.15) is 0 Å². The van der Waals surface area contributed by atoms with Crippen molar-refractivity contribution in [2.45, 2.75) is 46.5 Å². The van der Waals surface area contributed by atoms with Gasteiger partial charge in [-0.05, 0) is 18.3 Å². The number of carbonyl (C=O) groups is 1. The van der Waals surface area contributed by atoms with Crippen LogP contribution < -0.4 is 0 Å². The van der Waals surface area contributed by atoms with Gasteiger partial charge in [0.15, 0.2) is 5.78 Å². The number of allylic oxidation sites excluding steroid dienone is 2. The van der Waals surface area contributed by atoms with E-state index >= 15 is 0 Å². The van der Waals surface area contributed by atoms with Gasteiger partial charge in [0.2, 0.25) is 0 Å². The molecular weight excluding hydrogens is 208 g/mol. The molecule has 0 aromatic carbocycles. The summed E-state index contributed by atoms with van der Waals surface area (Å²) in [5, 5.41) is 9.76. The molecule has 1 fully saturated rings. The van der Waals surface area contributed by atoms with Gasteiger partial charge in [0.25, 0.3) is 0 Å². The normalized spacial score (nSPS) is 24.2. The Morgan fingerprint density at radius 2 is 2.07 bits per heavy atom. The van der Waals surface area contributed by atoms with Crippen molar-refractivity contribution in [1.29, 1.82) is 0 Å². The molecule has 0 aromatic heterocycles. The summed E-state index contributed by atoms with van der Waals surface area (Å²) >= 11 is 5.20. The number of carbonyl (C=O) groups excluding carboxylic acids is 1. The molecule has 84 valence electrons. The molecule has 0 atom stereocenters. The highest BCUT2D eigenvalue weighted by molar-refractivity contribution is 7.81. The molecule has 15 heavy (non-hydrogen) atoms. The van der Waals surface area contributed by atoms with Crippen LogP contribution in [0.25, 0.3) is 0 Å². The first-order valence-corrected chi connectivity index (χ1v) is 5.76. The minimum Gasteiger partial charge on any atom is -0.512 e. The van der Waals surface area contributed by atoms with Gasteiger partial charge >= 0.3 is 0 Å². The van der Waals surface area contributed by atoms with E-state index in [-0.39, 0.29) is 17.0 Å². The third kappa shape index (κ3) is 2.88. The zero-order chi connectivity index (χ0) is 11.6. The highest BCUT2D eigenvalue weighted by Gasteiger charge is 2.34. The molecule has 2 nitrogen and oxygen atoms in total. The lowest BCUT2D eigenvalue weighted by molar-refractivity contribution is -0.117. The van der Waals surface area contributed by atoms with Crippen LogP contribution in [0.3, 0.4) is 0 Å². The molecule has 0 unspecified atom stereocenters. The molecule has 0 saturated heterocycles. The molecular formula is C12H18O2S. The van der Waals surface area contributed by atoms with Crippen LogP contribution in [0.2, 0.25) is 0 Å². The van der Waals surface area contributed by atoms with Crippen molar-refractivity contribution in [2.75, 3.05) is 0 Å². The molecule has 0 amide bonds. The molecule has 0 aromatic rings. The maximum absolute atomic E-state index is 11.8. The number of aliphatic hydroxyl groups excluding tert-OH is 1. The highest BCUT2D eigenvalue weighted by Crippen LogP contribution is 2.35. The Labute approximate surface area is 96.4 Å². The number of aliphatic hydroxyl groups is 1. The summed E-state index contributed by atoms with van der Waals surface area (Å²) in [6.07, 6.45) is 2.57. The predicted octanol–water partition coefficient (Wildman–Crippen LogP) is 3.36. The predicted molar refractivity (Wildman–Crippen MR) is 65.2 cm³/mol. The lowest BCUT2D eigenvalue weighted by Crippen LogP contribution is -2.31. The fourth-order valence-corrected chi connectivity index (χ4v) is 2.57. The average molecular weight is 226 g/mol. The fraction of sp³-hybridized carbons (Fsp3) is 0.667.